The normalized spacial score (nSPS) is 13.3. The van der Waals surface area contributed by atoms with E-state index in [1.54, 1.807) is 7.11 Å². The molecule has 1 heterocycles. The second-order valence-electron chi connectivity index (χ2n) is 9.12. The highest BCUT2D eigenvalue weighted by atomic mass is 16.5. The molecule has 190 valence electrons. The summed E-state index contributed by atoms with van der Waals surface area (Å²) < 4.78 is 19.3. The van der Waals surface area contributed by atoms with Gasteiger partial charge in [-0.3, -0.25) is 4.90 Å². The zero-order valence-corrected chi connectivity index (χ0v) is 21.8. The number of rotatable bonds is 13. The third-order valence-corrected chi connectivity index (χ3v) is 6.04. The highest BCUT2D eigenvalue weighted by Crippen LogP contribution is 2.33. The maximum Gasteiger partial charge on any atom is 0.227 e. The molecule has 0 fully saturated rings. The van der Waals surface area contributed by atoms with E-state index in [1.165, 1.54) is 0 Å². The van der Waals surface area contributed by atoms with Crippen LogP contribution in [0, 0.1) is 6.92 Å². The molecule has 3 rings (SSSR count). The first-order valence-electron chi connectivity index (χ1n) is 12.3. The van der Waals surface area contributed by atoms with Crippen LogP contribution in [0.1, 0.15) is 45.4 Å². The van der Waals surface area contributed by atoms with Gasteiger partial charge in [0, 0.05) is 25.2 Å². The summed E-state index contributed by atoms with van der Waals surface area (Å²) in [7, 11) is 1.64. The number of hydrogen-bond acceptors (Lipinski definition) is 6. The molecule has 0 saturated carbocycles. The van der Waals surface area contributed by atoms with Crippen LogP contribution >= 0.6 is 0 Å². The van der Waals surface area contributed by atoms with Crippen LogP contribution in [0.2, 0.25) is 0 Å². The van der Waals surface area contributed by atoms with Crippen molar-refractivity contribution in [2.45, 2.75) is 65.8 Å². The van der Waals surface area contributed by atoms with Crippen LogP contribution < -0.4 is 9.47 Å². The van der Waals surface area contributed by atoms with Gasteiger partial charge in [0.1, 0.15) is 11.5 Å². The molecule has 35 heavy (non-hydrogen) atoms. The fraction of sp³-hybridized carbons (Fsp3) is 0.464. The summed E-state index contributed by atoms with van der Waals surface area (Å²) in [5.41, 5.74) is 2.78. The minimum atomic E-state index is -0.585. The number of aliphatic hydroxyl groups is 1. The van der Waals surface area contributed by atoms with E-state index >= 15 is 0 Å². The van der Waals surface area contributed by atoms with E-state index in [-0.39, 0.29) is 12.1 Å². The molecule has 1 aromatic heterocycles. The molecule has 0 aliphatic rings. The molecule has 0 bridgehead atoms. The van der Waals surface area contributed by atoms with E-state index in [0.29, 0.717) is 31.3 Å². The molecule has 2 atom stereocenters. The Morgan fingerprint density at radius 1 is 1.03 bits per heavy atom. The molecule has 7 nitrogen and oxygen atoms in total. The molecule has 0 spiro atoms. The molecule has 2 aromatic carbocycles. The fourth-order valence-electron chi connectivity index (χ4n) is 3.83. The maximum atomic E-state index is 10.7. The fourth-order valence-corrected chi connectivity index (χ4v) is 3.83. The summed E-state index contributed by atoms with van der Waals surface area (Å²) in [4.78, 5) is 2.27. The number of ether oxygens (including phenoxy) is 3. The van der Waals surface area contributed by atoms with Crippen molar-refractivity contribution in [3.63, 3.8) is 0 Å². The van der Waals surface area contributed by atoms with Gasteiger partial charge in [-0.2, -0.15) is 5.10 Å². The Hall–Kier alpha value is -2.87. The predicted octanol–water partition coefficient (Wildman–Crippen LogP) is 5.37. The van der Waals surface area contributed by atoms with Gasteiger partial charge in [0.2, 0.25) is 5.88 Å². The number of aryl methyl sites for hydroxylation is 1. The van der Waals surface area contributed by atoms with Crippen molar-refractivity contribution < 1.29 is 19.3 Å². The van der Waals surface area contributed by atoms with Gasteiger partial charge in [-0.25, -0.2) is 4.68 Å². The average Bonchev–Trinajstić information content (AvgIpc) is 3.17. The molecule has 0 aliphatic heterocycles. The summed E-state index contributed by atoms with van der Waals surface area (Å²) in [5, 5.41) is 15.5. The lowest BCUT2D eigenvalue weighted by molar-refractivity contribution is -0.0150. The predicted molar refractivity (Wildman–Crippen MR) is 139 cm³/mol. The average molecular weight is 482 g/mol. The van der Waals surface area contributed by atoms with Gasteiger partial charge in [0.15, 0.2) is 0 Å². The minimum Gasteiger partial charge on any atom is -0.497 e. The first-order chi connectivity index (χ1) is 16.8. The Morgan fingerprint density at radius 3 is 2.40 bits per heavy atom. The van der Waals surface area contributed by atoms with Gasteiger partial charge in [-0.15, -0.1) is 0 Å². The van der Waals surface area contributed by atoms with Crippen molar-refractivity contribution in [1.82, 2.24) is 14.7 Å². The van der Waals surface area contributed by atoms with E-state index in [9.17, 15) is 5.11 Å². The van der Waals surface area contributed by atoms with E-state index in [2.05, 4.69) is 18.7 Å². The lowest BCUT2D eigenvalue weighted by atomic mass is 10.1. The Bertz CT molecular complexity index is 1050. The number of hydrogen-bond donors (Lipinski definition) is 1. The second-order valence-corrected chi connectivity index (χ2v) is 9.12. The van der Waals surface area contributed by atoms with Gasteiger partial charge in [0.05, 0.1) is 42.9 Å². The number of nitrogens with zero attached hydrogens (tertiary/aromatic N) is 3. The molecule has 3 aromatic rings. The molecule has 0 saturated heterocycles. The van der Waals surface area contributed by atoms with E-state index in [4.69, 9.17) is 19.3 Å². The summed E-state index contributed by atoms with van der Waals surface area (Å²) in [6.45, 7) is 11.7. The highest BCUT2D eigenvalue weighted by molar-refractivity contribution is 5.44. The molecule has 1 N–H and O–H groups in total. The summed E-state index contributed by atoms with van der Waals surface area (Å²) in [6, 6.07) is 17.8. The molecule has 0 radical (unpaired) electrons. The number of methoxy groups -OCH3 is 1. The maximum absolute atomic E-state index is 10.7. The zero-order chi connectivity index (χ0) is 25.4. The topological polar surface area (TPSA) is 69.0 Å². The van der Waals surface area contributed by atoms with Crippen molar-refractivity contribution in [1.29, 1.82) is 0 Å². The lowest BCUT2D eigenvalue weighted by Crippen LogP contribution is -2.40. The van der Waals surface area contributed by atoms with Gasteiger partial charge >= 0.3 is 0 Å². The number of para-hydroxylation sites is 1. The van der Waals surface area contributed by atoms with Crippen LogP contribution in [0.3, 0.4) is 0 Å². The van der Waals surface area contributed by atoms with Crippen molar-refractivity contribution >= 4 is 0 Å². The van der Waals surface area contributed by atoms with Gasteiger partial charge in [-0.05, 0) is 58.4 Å². The summed E-state index contributed by atoms with van der Waals surface area (Å²) in [5.74, 6) is 2.05. The minimum absolute atomic E-state index is 0.0795. The Labute approximate surface area is 209 Å². The molecule has 0 amide bonds. The molecule has 2 unspecified atom stereocenters. The summed E-state index contributed by atoms with van der Waals surface area (Å²) >= 11 is 0. The van der Waals surface area contributed by atoms with Crippen LogP contribution in [-0.4, -0.2) is 58.3 Å². The smallest absolute Gasteiger partial charge is 0.227 e. The Balaban J connectivity index is 1.97. The molecule has 0 aliphatic carbocycles. The third kappa shape index (κ3) is 7.31. The first-order valence-corrected chi connectivity index (χ1v) is 12.3. The number of benzene rings is 2. The molecule has 7 heteroatoms. The van der Waals surface area contributed by atoms with E-state index in [1.807, 2.05) is 80.1 Å². The standard InChI is InChI=1S/C28H39N3O4/c1-7-21(4)30(17-24(32)19-34-20(2)3)18-27-22(5)29-31(23-12-9-8-10-13-23)28(27)35-26-15-11-14-25(16-26)33-6/h8-16,20-21,24,32H,7,17-19H2,1-6H3. The third-order valence-electron chi connectivity index (χ3n) is 6.04. The Morgan fingerprint density at radius 2 is 1.74 bits per heavy atom. The van der Waals surface area contributed by atoms with Crippen LogP contribution in [0.15, 0.2) is 54.6 Å². The van der Waals surface area contributed by atoms with Crippen LogP contribution in [0.4, 0.5) is 0 Å². The quantitative estimate of drug-likeness (QED) is 0.354. The molecular weight excluding hydrogens is 442 g/mol. The van der Waals surface area contributed by atoms with Crippen molar-refractivity contribution in [3.8, 4) is 23.1 Å². The monoisotopic (exact) mass is 481 g/mol. The summed E-state index contributed by atoms with van der Waals surface area (Å²) in [6.07, 6.45) is 0.449. The first kappa shape index (κ1) is 26.7. The van der Waals surface area contributed by atoms with Crippen LogP contribution in [-0.2, 0) is 11.3 Å². The highest BCUT2D eigenvalue weighted by Gasteiger charge is 2.25. The second kappa shape index (κ2) is 12.7. The van der Waals surface area contributed by atoms with Crippen LogP contribution in [0.5, 0.6) is 17.4 Å². The van der Waals surface area contributed by atoms with Gasteiger partial charge in [-0.1, -0.05) is 31.2 Å². The van der Waals surface area contributed by atoms with Crippen molar-refractivity contribution in [2.75, 3.05) is 20.3 Å². The van der Waals surface area contributed by atoms with Crippen molar-refractivity contribution in [3.05, 3.63) is 65.9 Å². The van der Waals surface area contributed by atoms with E-state index < -0.39 is 6.10 Å². The zero-order valence-electron chi connectivity index (χ0n) is 21.8. The van der Waals surface area contributed by atoms with Crippen LogP contribution in [0.25, 0.3) is 5.69 Å². The number of aliphatic hydroxyl groups excluding tert-OH is 1. The van der Waals surface area contributed by atoms with E-state index in [0.717, 1.165) is 29.1 Å². The Kier molecular flexibility index (Phi) is 9.72. The van der Waals surface area contributed by atoms with Gasteiger partial charge in [0.25, 0.3) is 0 Å². The van der Waals surface area contributed by atoms with Crippen molar-refractivity contribution in [2.24, 2.45) is 0 Å². The van der Waals surface area contributed by atoms with Gasteiger partial charge < -0.3 is 19.3 Å². The lowest BCUT2D eigenvalue weighted by Gasteiger charge is -2.30. The molecular formula is C28H39N3O4. The largest absolute Gasteiger partial charge is 0.497 e. The number of aromatic nitrogens is 2. The SMILES string of the molecule is CCC(C)N(Cc1c(C)nn(-c2ccccc2)c1Oc1cccc(OC)c1)CC(O)COC(C)C.